The molecule has 0 amide bonds. The third-order valence-corrected chi connectivity index (χ3v) is 3.75. The topological polar surface area (TPSA) is 35.5 Å². The number of halogens is 3. The van der Waals surface area contributed by atoms with Crippen LogP contribution >= 0.6 is 27.5 Å². The Labute approximate surface area is 141 Å². The Morgan fingerprint density at radius 3 is 2.68 bits per heavy atom. The number of hydrogen-bond acceptors (Lipinski definition) is 3. The van der Waals surface area contributed by atoms with Crippen molar-refractivity contribution in [3.05, 3.63) is 58.4 Å². The Morgan fingerprint density at radius 2 is 2.05 bits per heavy atom. The molecule has 0 aliphatic rings. The highest BCUT2D eigenvalue weighted by Gasteiger charge is 2.12. The fourth-order valence-electron chi connectivity index (χ4n) is 1.86. The molecule has 0 aromatic heterocycles. The molecule has 22 heavy (non-hydrogen) atoms. The Morgan fingerprint density at radius 1 is 1.27 bits per heavy atom. The number of hydrogen-bond donors (Lipinski definition) is 0. The number of Topliss-reactive ketones (excluding diaryl/α,β-unsaturated/α-hetero) is 1. The molecule has 116 valence electrons. The lowest BCUT2D eigenvalue weighted by atomic mass is 10.1. The fourth-order valence-corrected chi connectivity index (χ4v) is 2.32. The van der Waals surface area contributed by atoms with Gasteiger partial charge in [-0.25, -0.2) is 4.39 Å². The Hall–Kier alpha value is -1.59. The molecule has 0 aliphatic carbocycles. The van der Waals surface area contributed by atoms with Crippen LogP contribution in [-0.4, -0.2) is 18.2 Å². The van der Waals surface area contributed by atoms with Crippen molar-refractivity contribution in [1.29, 1.82) is 0 Å². The monoisotopic (exact) mass is 386 g/mol. The van der Waals surface area contributed by atoms with Gasteiger partial charge in [-0.15, -0.1) is 0 Å². The number of ketones is 1. The molecule has 0 N–H and O–H groups in total. The van der Waals surface area contributed by atoms with Gasteiger partial charge in [0.1, 0.15) is 23.9 Å². The number of alkyl halides is 1. The zero-order valence-electron chi connectivity index (χ0n) is 11.7. The van der Waals surface area contributed by atoms with Gasteiger partial charge in [0.25, 0.3) is 0 Å². The average Bonchev–Trinajstić information content (AvgIpc) is 2.53. The molecule has 0 saturated heterocycles. The molecule has 0 radical (unpaired) electrons. The van der Waals surface area contributed by atoms with Gasteiger partial charge in [-0.05, 0) is 24.3 Å². The first-order valence-corrected chi connectivity index (χ1v) is 7.89. The minimum Gasteiger partial charge on any atom is -0.496 e. The first-order valence-electron chi connectivity index (χ1n) is 6.39. The first-order chi connectivity index (χ1) is 10.5. The van der Waals surface area contributed by atoms with Gasteiger partial charge in [0.05, 0.1) is 18.0 Å². The summed E-state index contributed by atoms with van der Waals surface area (Å²) in [4.78, 5) is 11.7. The van der Waals surface area contributed by atoms with Crippen LogP contribution in [0, 0.1) is 5.82 Å². The second-order valence-corrected chi connectivity index (χ2v) is 5.44. The Bertz CT molecular complexity index is 691. The summed E-state index contributed by atoms with van der Waals surface area (Å²) in [5, 5.41) is 0.542. The van der Waals surface area contributed by atoms with Crippen LogP contribution in [0.5, 0.6) is 11.5 Å². The minimum atomic E-state index is -0.425. The molecule has 2 aromatic carbocycles. The van der Waals surface area contributed by atoms with Gasteiger partial charge >= 0.3 is 0 Å². The van der Waals surface area contributed by atoms with Crippen LogP contribution < -0.4 is 9.47 Å². The second kappa shape index (κ2) is 7.61. The summed E-state index contributed by atoms with van der Waals surface area (Å²) in [7, 11) is 1.48. The van der Waals surface area contributed by atoms with E-state index in [1.165, 1.54) is 13.2 Å². The number of carbonyl (C=O) groups is 1. The Balaban J connectivity index is 2.15. The van der Waals surface area contributed by atoms with Crippen molar-refractivity contribution in [2.45, 2.75) is 6.61 Å². The van der Waals surface area contributed by atoms with Gasteiger partial charge in [-0.3, -0.25) is 4.79 Å². The van der Waals surface area contributed by atoms with Gasteiger partial charge < -0.3 is 9.47 Å². The standard InChI is InChI=1S/C16H13BrClFO3/c1-21-16-7-12(4-5-13(16)15(20)8-17)22-9-10-2-3-11(18)6-14(10)19/h2-7H,8-9H2,1H3. The van der Waals surface area contributed by atoms with E-state index in [0.29, 0.717) is 27.6 Å². The van der Waals surface area contributed by atoms with E-state index in [4.69, 9.17) is 21.1 Å². The van der Waals surface area contributed by atoms with Crippen LogP contribution in [0.15, 0.2) is 36.4 Å². The molecule has 0 unspecified atom stereocenters. The highest BCUT2D eigenvalue weighted by atomic mass is 79.9. The van der Waals surface area contributed by atoms with Gasteiger partial charge in [-0.1, -0.05) is 33.6 Å². The van der Waals surface area contributed by atoms with Crippen LogP contribution in [0.2, 0.25) is 5.02 Å². The molecule has 0 bridgehead atoms. The lowest BCUT2D eigenvalue weighted by Crippen LogP contribution is -2.04. The third-order valence-electron chi connectivity index (χ3n) is 3.00. The molecule has 2 rings (SSSR count). The predicted molar refractivity (Wildman–Crippen MR) is 86.9 cm³/mol. The summed E-state index contributed by atoms with van der Waals surface area (Å²) in [6.07, 6.45) is 0. The van der Waals surface area contributed by atoms with Crippen LogP contribution in [0.25, 0.3) is 0 Å². The van der Waals surface area contributed by atoms with Crippen LogP contribution in [0.1, 0.15) is 15.9 Å². The van der Waals surface area contributed by atoms with Crippen molar-refractivity contribution >= 4 is 33.3 Å². The zero-order chi connectivity index (χ0) is 16.1. The zero-order valence-corrected chi connectivity index (χ0v) is 14.1. The Kier molecular flexibility index (Phi) is 5.80. The summed E-state index contributed by atoms with van der Waals surface area (Å²) < 4.78 is 24.4. The number of methoxy groups -OCH3 is 1. The molecule has 6 heteroatoms. The lowest BCUT2D eigenvalue weighted by Gasteiger charge is -2.11. The predicted octanol–water partition coefficient (Wildman–Crippen LogP) is 4.64. The molecule has 2 aromatic rings. The molecule has 0 saturated carbocycles. The van der Waals surface area contributed by atoms with E-state index < -0.39 is 5.82 Å². The summed E-state index contributed by atoms with van der Waals surface area (Å²) in [6, 6.07) is 9.27. The molecule has 3 nitrogen and oxygen atoms in total. The molecule has 0 aliphatic heterocycles. The molecule has 0 atom stereocenters. The maximum absolute atomic E-state index is 13.7. The van der Waals surface area contributed by atoms with E-state index in [2.05, 4.69) is 15.9 Å². The van der Waals surface area contributed by atoms with E-state index in [9.17, 15) is 9.18 Å². The SMILES string of the molecule is COc1cc(OCc2ccc(Cl)cc2F)ccc1C(=O)CBr. The summed E-state index contributed by atoms with van der Waals surface area (Å²) >= 11 is 8.82. The lowest BCUT2D eigenvalue weighted by molar-refractivity contribution is 0.102. The van der Waals surface area contributed by atoms with Gasteiger partial charge in [0.15, 0.2) is 5.78 Å². The third kappa shape index (κ3) is 3.99. The van der Waals surface area contributed by atoms with Crippen LogP contribution in [0.3, 0.4) is 0 Å². The number of ether oxygens (including phenoxy) is 2. The summed E-state index contributed by atoms with van der Waals surface area (Å²) in [6.45, 7) is 0.0535. The largest absolute Gasteiger partial charge is 0.496 e. The molecule has 0 spiro atoms. The average molecular weight is 388 g/mol. The molecular weight excluding hydrogens is 375 g/mol. The highest BCUT2D eigenvalue weighted by molar-refractivity contribution is 9.09. The second-order valence-electron chi connectivity index (χ2n) is 4.44. The quantitative estimate of drug-likeness (QED) is 0.535. The summed E-state index contributed by atoms with van der Waals surface area (Å²) in [5.74, 6) is 0.383. The van der Waals surface area contributed by atoms with Crippen molar-refractivity contribution in [2.75, 3.05) is 12.4 Å². The first kappa shape index (κ1) is 16.8. The van der Waals surface area contributed by atoms with Gasteiger partial charge in [-0.2, -0.15) is 0 Å². The number of benzene rings is 2. The molecule has 0 heterocycles. The van der Waals surface area contributed by atoms with Gasteiger partial charge in [0, 0.05) is 16.7 Å². The normalized spacial score (nSPS) is 10.4. The van der Waals surface area contributed by atoms with Crippen molar-refractivity contribution in [3.63, 3.8) is 0 Å². The highest BCUT2D eigenvalue weighted by Crippen LogP contribution is 2.26. The fraction of sp³-hybridized carbons (Fsp3) is 0.188. The van der Waals surface area contributed by atoms with E-state index in [1.54, 1.807) is 30.3 Å². The molecular formula is C16H13BrClFO3. The van der Waals surface area contributed by atoms with E-state index in [0.717, 1.165) is 0 Å². The van der Waals surface area contributed by atoms with E-state index in [-0.39, 0.29) is 17.7 Å². The number of rotatable bonds is 6. The van der Waals surface area contributed by atoms with Crippen molar-refractivity contribution in [2.24, 2.45) is 0 Å². The number of carbonyl (C=O) groups excluding carboxylic acids is 1. The maximum Gasteiger partial charge on any atom is 0.177 e. The van der Waals surface area contributed by atoms with Gasteiger partial charge in [0.2, 0.25) is 0 Å². The maximum atomic E-state index is 13.7. The van der Waals surface area contributed by atoms with Crippen LogP contribution in [0.4, 0.5) is 4.39 Å². The van der Waals surface area contributed by atoms with E-state index in [1.807, 2.05) is 0 Å². The minimum absolute atomic E-state index is 0.0535. The van der Waals surface area contributed by atoms with Crippen molar-refractivity contribution in [1.82, 2.24) is 0 Å². The van der Waals surface area contributed by atoms with Crippen molar-refractivity contribution in [3.8, 4) is 11.5 Å². The van der Waals surface area contributed by atoms with E-state index >= 15 is 0 Å². The van der Waals surface area contributed by atoms with Crippen LogP contribution in [-0.2, 0) is 6.61 Å². The summed E-state index contributed by atoms with van der Waals surface area (Å²) in [5.41, 5.74) is 0.855. The smallest absolute Gasteiger partial charge is 0.177 e. The van der Waals surface area contributed by atoms with Crippen molar-refractivity contribution < 1.29 is 18.7 Å². The molecule has 0 fully saturated rings.